The fraction of sp³-hybridized carbons (Fsp3) is 0.188. The van der Waals surface area contributed by atoms with Crippen molar-refractivity contribution in [2.45, 2.75) is 13.8 Å². The number of rotatable bonds is 4. The van der Waals surface area contributed by atoms with E-state index in [0.29, 0.717) is 29.2 Å². The quantitative estimate of drug-likeness (QED) is 0.771. The summed E-state index contributed by atoms with van der Waals surface area (Å²) in [5.74, 6) is 0.395. The standard InChI is InChI=1S/C16H16N4O3/c1-3-23-12-6-4-11(5-7-12)19-16(22)13-9-17-20-14(21)8-10(2)18-15(13)20/h4-9,17H,3H2,1-2H3,(H,19,22). The van der Waals surface area contributed by atoms with Crippen LogP contribution in [-0.4, -0.2) is 27.1 Å². The average molecular weight is 312 g/mol. The van der Waals surface area contributed by atoms with E-state index < -0.39 is 0 Å². The molecule has 1 amide bonds. The summed E-state index contributed by atoms with van der Waals surface area (Å²) in [4.78, 5) is 28.5. The summed E-state index contributed by atoms with van der Waals surface area (Å²) in [6, 6.07) is 8.46. The number of amides is 1. The molecule has 2 aromatic heterocycles. The lowest BCUT2D eigenvalue weighted by Crippen LogP contribution is -2.16. The molecule has 0 fully saturated rings. The van der Waals surface area contributed by atoms with Gasteiger partial charge in [-0.15, -0.1) is 0 Å². The molecule has 0 unspecified atom stereocenters. The van der Waals surface area contributed by atoms with Crippen molar-refractivity contribution in [2.24, 2.45) is 0 Å². The highest BCUT2D eigenvalue weighted by Crippen LogP contribution is 2.17. The predicted octanol–water partition coefficient (Wildman–Crippen LogP) is 1.98. The van der Waals surface area contributed by atoms with Crippen molar-refractivity contribution in [2.75, 3.05) is 11.9 Å². The minimum absolute atomic E-state index is 0.257. The van der Waals surface area contributed by atoms with Crippen LogP contribution in [0.5, 0.6) is 5.75 Å². The highest BCUT2D eigenvalue weighted by atomic mass is 16.5. The molecule has 0 saturated carbocycles. The van der Waals surface area contributed by atoms with Gasteiger partial charge in [-0.25, -0.2) is 9.50 Å². The summed E-state index contributed by atoms with van der Waals surface area (Å²) in [6.45, 7) is 4.20. The first-order chi connectivity index (χ1) is 11.1. The van der Waals surface area contributed by atoms with Gasteiger partial charge in [-0.05, 0) is 38.1 Å². The zero-order valence-electron chi connectivity index (χ0n) is 12.8. The van der Waals surface area contributed by atoms with Crippen LogP contribution < -0.4 is 15.6 Å². The summed E-state index contributed by atoms with van der Waals surface area (Å²) in [7, 11) is 0. The van der Waals surface area contributed by atoms with Gasteiger partial charge in [0.1, 0.15) is 11.3 Å². The molecular weight excluding hydrogens is 296 g/mol. The van der Waals surface area contributed by atoms with Crippen LogP contribution >= 0.6 is 0 Å². The van der Waals surface area contributed by atoms with Crippen LogP contribution in [0.25, 0.3) is 5.65 Å². The molecule has 0 aliphatic rings. The van der Waals surface area contributed by atoms with Gasteiger partial charge in [-0.2, -0.15) is 0 Å². The molecule has 0 radical (unpaired) electrons. The molecule has 23 heavy (non-hydrogen) atoms. The predicted molar refractivity (Wildman–Crippen MR) is 86.1 cm³/mol. The minimum Gasteiger partial charge on any atom is -0.494 e. The van der Waals surface area contributed by atoms with E-state index in [4.69, 9.17) is 4.74 Å². The van der Waals surface area contributed by atoms with E-state index in [1.165, 1.54) is 16.8 Å². The lowest BCUT2D eigenvalue weighted by molar-refractivity contribution is 0.102. The van der Waals surface area contributed by atoms with E-state index in [1.54, 1.807) is 31.2 Å². The number of fused-ring (bicyclic) bond motifs is 1. The molecule has 2 N–H and O–H groups in total. The molecule has 118 valence electrons. The zero-order valence-corrected chi connectivity index (χ0v) is 12.8. The molecular formula is C16H16N4O3. The van der Waals surface area contributed by atoms with Gasteiger partial charge < -0.3 is 10.1 Å². The van der Waals surface area contributed by atoms with Crippen LogP contribution in [0, 0.1) is 6.92 Å². The number of H-pyrrole nitrogens is 1. The van der Waals surface area contributed by atoms with E-state index >= 15 is 0 Å². The van der Waals surface area contributed by atoms with Crippen LogP contribution in [0.3, 0.4) is 0 Å². The fourth-order valence-electron chi connectivity index (χ4n) is 2.26. The second kappa shape index (κ2) is 5.96. The summed E-state index contributed by atoms with van der Waals surface area (Å²) < 4.78 is 6.59. The average Bonchev–Trinajstić information content (AvgIpc) is 2.93. The molecule has 2 heterocycles. The molecule has 1 aromatic carbocycles. The van der Waals surface area contributed by atoms with Gasteiger partial charge in [0.15, 0.2) is 5.65 Å². The summed E-state index contributed by atoms with van der Waals surface area (Å²) in [5, 5.41) is 5.51. The van der Waals surface area contributed by atoms with Crippen LogP contribution in [-0.2, 0) is 0 Å². The topological polar surface area (TPSA) is 88.5 Å². The maximum atomic E-state index is 12.4. The largest absolute Gasteiger partial charge is 0.494 e. The third kappa shape index (κ3) is 2.94. The molecule has 0 bridgehead atoms. The van der Waals surface area contributed by atoms with Crippen molar-refractivity contribution < 1.29 is 9.53 Å². The number of hydrogen-bond acceptors (Lipinski definition) is 4. The lowest BCUT2D eigenvalue weighted by Gasteiger charge is -2.06. The van der Waals surface area contributed by atoms with Gasteiger partial charge in [0.05, 0.1) is 6.61 Å². The SMILES string of the molecule is CCOc1ccc(NC(=O)c2c[nH]n3c(=O)cc(C)nc23)cc1. The first-order valence-corrected chi connectivity index (χ1v) is 7.20. The van der Waals surface area contributed by atoms with E-state index in [0.717, 1.165) is 5.75 Å². The Hall–Kier alpha value is -3.09. The van der Waals surface area contributed by atoms with Gasteiger partial charge in [0, 0.05) is 23.6 Å². The molecule has 7 heteroatoms. The number of aromatic nitrogens is 3. The smallest absolute Gasteiger partial charge is 0.272 e. The number of carbonyl (C=O) groups is 1. The second-order valence-corrected chi connectivity index (χ2v) is 4.99. The van der Waals surface area contributed by atoms with Gasteiger partial charge in [0.25, 0.3) is 11.5 Å². The van der Waals surface area contributed by atoms with E-state index in [1.807, 2.05) is 6.92 Å². The second-order valence-electron chi connectivity index (χ2n) is 4.99. The Balaban J connectivity index is 1.87. The lowest BCUT2D eigenvalue weighted by atomic mass is 10.2. The molecule has 0 atom stereocenters. The Bertz CT molecular complexity index is 909. The summed E-state index contributed by atoms with van der Waals surface area (Å²) in [6.07, 6.45) is 1.47. The Morgan fingerprint density at radius 2 is 2.09 bits per heavy atom. The van der Waals surface area contributed by atoms with Crippen molar-refractivity contribution in [3.63, 3.8) is 0 Å². The number of ether oxygens (including phenoxy) is 1. The van der Waals surface area contributed by atoms with E-state index in [-0.39, 0.29) is 11.5 Å². The maximum Gasteiger partial charge on any atom is 0.272 e. The maximum absolute atomic E-state index is 12.4. The van der Waals surface area contributed by atoms with Gasteiger partial charge in [-0.1, -0.05) is 0 Å². The van der Waals surface area contributed by atoms with Gasteiger partial charge >= 0.3 is 0 Å². The van der Waals surface area contributed by atoms with E-state index in [9.17, 15) is 9.59 Å². The minimum atomic E-state index is -0.342. The van der Waals surface area contributed by atoms with Crippen molar-refractivity contribution in [1.29, 1.82) is 0 Å². The number of carbonyl (C=O) groups excluding carboxylic acids is 1. The highest BCUT2D eigenvalue weighted by Gasteiger charge is 2.15. The Morgan fingerprint density at radius 3 is 2.78 bits per heavy atom. The van der Waals surface area contributed by atoms with Crippen molar-refractivity contribution in [3.05, 3.63) is 58.1 Å². The fourth-order valence-corrected chi connectivity index (χ4v) is 2.26. The van der Waals surface area contributed by atoms with Crippen LogP contribution in [0.4, 0.5) is 5.69 Å². The number of anilines is 1. The number of nitrogens with zero attached hydrogens (tertiary/aromatic N) is 2. The third-order valence-electron chi connectivity index (χ3n) is 3.29. The normalized spacial score (nSPS) is 10.7. The highest BCUT2D eigenvalue weighted by molar-refractivity contribution is 6.08. The molecule has 3 aromatic rings. The number of aromatic amines is 1. The monoisotopic (exact) mass is 312 g/mol. The van der Waals surface area contributed by atoms with Crippen molar-refractivity contribution in [1.82, 2.24) is 14.6 Å². The summed E-state index contributed by atoms with van der Waals surface area (Å²) in [5.41, 5.74) is 1.54. The van der Waals surface area contributed by atoms with Crippen molar-refractivity contribution >= 4 is 17.2 Å². The van der Waals surface area contributed by atoms with Crippen LogP contribution in [0.1, 0.15) is 23.0 Å². The molecule has 0 aliphatic carbocycles. The first-order valence-electron chi connectivity index (χ1n) is 7.20. The van der Waals surface area contributed by atoms with Crippen LogP contribution in [0.15, 0.2) is 41.3 Å². The Morgan fingerprint density at radius 1 is 1.35 bits per heavy atom. The first kappa shape index (κ1) is 14.8. The summed E-state index contributed by atoms with van der Waals surface area (Å²) >= 11 is 0. The molecule has 7 nitrogen and oxygen atoms in total. The number of benzene rings is 1. The molecule has 0 aliphatic heterocycles. The Labute approximate surface area is 131 Å². The zero-order chi connectivity index (χ0) is 16.4. The molecule has 3 rings (SSSR count). The van der Waals surface area contributed by atoms with Crippen molar-refractivity contribution in [3.8, 4) is 5.75 Å². The van der Waals surface area contributed by atoms with Gasteiger partial charge in [-0.3, -0.25) is 14.7 Å². The number of hydrogen-bond donors (Lipinski definition) is 2. The third-order valence-corrected chi connectivity index (χ3v) is 3.29. The van der Waals surface area contributed by atoms with Crippen LogP contribution in [0.2, 0.25) is 0 Å². The Kier molecular flexibility index (Phi) is 3.84. The number of aryl methyl sites for hydroxylation is 1. The molecule has 0 spiro atoms. The van der Waals surface area contributed by atoms with E-state index in [2.05, 4.69) is 15.4 Å². The van der Waals surface area contributed by atoms with Gasteiger partial charge in [0.2, 0.25) is 0 Å². The molecule has 0 saturated heterocycles. The number of nitrogens with one attached hydrogen (secondary N) is 2.